The minimum Gasteiger partial charge on any atom is -0.481 e. The zero-order valence-electron chi connectivity index (χ0n) is 19.5. The van der Waals surface area contributed by atoms with Crippen LogP contribution >= 0.6 is 0 Å². The highest BCUT2D eigenvalue weighted by atomic mass is 16.4. The van der Waals surface area contributed by atoms with Gasteiger partial charge in [-0.2, -0.15) is 0 Å². The summed E-state index contributed by atoms with van der Waals surface area (Å²) < 4.78 is 0. The van der Waals surface area contributed by atoms with Gasteiger partial charge in [-0.3, -0.25) is 29.0 Å². The van der Waals surface area contributed by atoms with Gasteiger partial charge in [-0.1, -0.05) is 0 Å². The Bertz CT molecular complexity index is 832. The number of primary amides is 1. The van der Waals surface area contributed by atoms with Gasteiger partial charge in [-0.05, 0) is 25.7 Å². The second-order valence-electron chi connectivity index (χ2n) is 7.70. The van der Waals surface area contributed by atoms with Crippen LogP contribution in [-0.4, -0.2) is 94.2 Å². The van der Waals surface area contributed by atoms with Crippen molar-refractivity contribution in [3.8, 4) is 0 Å². The van der Waals surface area contributed by atoms with E-state index in [1.807, 2.05) is 0 Å². The molecule has 36 heavy (non-hydrogen) atoms. The molecule has 14 N–H and O–H groups in total. The summed E-state index contributed by atoms with van der Waals surface area (Å²) in [5, 5.41) is 34.1. The highest BCUT2D eigenvalue weighted by Crippen LogP contribution is 2.06. The molecule has 0 saturated heterocycles. The van der Waals surface area contributed by atoms with Crippen molar-refractivity contribution in [1.29, 1.82) is 0 Å². The summed E-state index contributed by atoms with van der Waals surface area (Å²) >= 11 is 0. The van der Waals surface area contributed by atoms with Crippen LogP contribution in [0.15, 0.2) is 4.99 Å². The molecule has 0 heterocycles. The summed E-state index contributed by atoms with van der Waals surface area (Å²) in [5.41, 5.74) is 20.9. The molecule has 0 aliphatic carbocycles. The SMILES string of the molecule is NC(=O)CCC(NC(=O)C(CCC(=O)O)NC(=O)C(CCCN=C(N)N)NC(=O)C(N)CO)C(=O)O. The van der Waals surface area contributed by atoms with Crippen LogP contribution in [0.5, 0.6) is 0 Å². The second-order valence-corrected chi connectivity index (χ2v) is 7.70. The molecule has 0 aliphatic rings. The summed E-state index contributed by atoms with van der Waals surface area (Å²) in [4.78, 5) is 74.8. The molecule has 0 saturated carbocycles. The summed E-state index contributed by atoms with van der Waals surface area (Å²) in [5.74, 6) is -6.57. The van der Waals surface area contributed by atoms with Gasteiger partial charge in [-0.25, -0.2) is 4.79 Å². The number of rotatable bonds is 18. The first-order valence-electron chi connectivity index (χ1n) is 10.8. The van der Waals surface area contributed by atoms with Crippen molar-refractivity contribution in [2.24, 2.45) is 27.9 Å². The Morgan fingerprint density at radius 2 is 1.25 bits per heavy atom. The Morgan fingerprint density at radius 1 is 0.750 bits per heavy atom. The van der Waals surface area contributed by atoms with E-state index < -0.39 is 79.2 Å². The number of aliphatic hydroxyl groups excluding tert-OH is 1. The maximum absolute atomic E-state index is 12.9. The molecule has 0 aromatic carbocycles. The van der Waals surface area contributed by atoms with Crippen molar-refractivity contribution < 1.29 is 44.1 Å². The van der Waals surface area contributed by atoms with Crippen LogP contribution in [0, 0.1) is 0 Å². The quantitative estimate of drug-likeness (QED) is 0.0463. The molecule has 0 radical (unpaired) electrons. The fourth-order valence-electron chi connectivity index (χ4n) is 2.76. The number of aliphatic hydroxyl groups is 1. The van der Waals surface area contributed by atoms with E-state index in [9.17, 15) is 33.9 Å². The van der Waals surface area contributed by atoms with Crippen LogP contribution in [0.25, 0.3) is 0 Å². The van der Waals surface area contributed by atoms with Crippen molar-refractivity contribution in [1.82, 2.24) is 16.0 Å². The lowest BCUT2D eigenvalue weighted by Crippen LogP contribution is -2.57. The third kappa shape index (κ3) is 13.7. The maximum atomic E-state index is 12.9. The smallest absolute Gasteiger partial charge is 0.326 e. The first kappa shape index (κ1) is 32.0. The van der Waals surface area contributed by atoms with E-state index in [0.717, 1.165) is 0 Å². The Labute approximate surface area is 206 Å². The maximum Gasteiger partial charge on any atom is 0.326 e. The number of carbonyl (C=O) groups is 6. The van der Waals surface area contributed by atoms with Gasteiger partial charge in [0.1, 0.15) is 24.2 Å². The highest BCUT2D eigenvalue weighted by molar-refractivity contribution is 5.94. The molecule has 4 atom stereocenters. The monoisotopic (exact) mass is 518 g/mol. The fraction of sp³-hybridized carbons (Fsp3) is 0.632. The molecule has 0 bridgehead atoms. The minimum atomic E-state index is -1.54. The predicted octanol–water partition coefficient (Wildman–Crippen LogP) is -4.97. The molecular formula is C19H34N8O9. The number of aliphatic carboxylic acids is 2. The van der Waals surface area contributed by atoms with Gasteiger partial charge in [-0.15, -0.1) is 0 Å². The van der Waals surface area contributed by atoms with E-state index in [0.29, 0.717) is 0 Å². The number of hydrogen-bond donors (Lipinski definition) is 10. The first-order chi connectivity index (χ1) is 16.8. The Balaban J connectivity index is 5.62. The van der Waals surface area contributed by atoms with Crippen molar-refractivity contribution in [2.75, 3.05) is 13.2 Å². The lowest BCUT2D eigenvalue weighted by atomic mass is 10.1. The number of carboxylic acids is 2. The molecule has 17 nitrogen and oxygen atoms in total. The van der Waals surface area contributed by atoms with Gasteiger partial charge >= 0.3 is 11.9 Å². The molecule has 0 spiro atoms. The number of carboxylic acid groups (broad SMARTS) is 2. The zero-order valence-corrected chi connectivity index (χ0v) is 19.5. The number of nitrogens with one attached hydrogen (secondary N) is 3. The molecule has 0 fully saturated rings. The van der Waals surface area contributed by atoms with E-state index >= 15 is 0 Å². The lowest BCUT2D eigenvalue weighted by molar-refractivity contribution is -0.143. The fourth-order valence-corrected chi connectivity index (χ4v) is 2.76. The average Bonchev–Trinajstić information content (AvgIpc) is 2.79. The molecule has 0 aromatic rings. The third-order valence-corrected chi connectivity index (χ3v) is 4.69. The Morgan fingerprint density at radius 3 is 1.72 bits per heavy atom. The predicted molar refractivity (Wildman–Crippen MR) is 124 cm³/mol. The van der Waals surface area contributed by atoms with Gasteiger partial charge in [0, 0.05) is 19.4 Å². The van der Waals surface area contributed by atoms with E-state index in [1.165, 1.54) is 0 Å². The summed E-state index contributed by atoms with van der Waals surface area (Å²) in [7, 11) is 0. The Kier molecular flexibility index (Phi) is 14.8. The van der Waals surface area contributed by atoms with Crippen LogP contribution in [0.2, 0.25) is 0 Å². The average molecular weight is 519 g/mol. The number of hydrogen-bond acceptors (Lipinski definition) is 9. The molecule has 4 amide bonds. The first-order valence-corrected chi connectivity index (χ1v) is 10.8. The molecular weight excluding hydrogens is 484 g/mol. The number of amides is 4. The second kappa shape index (κ2) is 16.6. The van der Waals surface area contributed by atoms with E-state index in [1.54, 1.807) is 0 Å². The van der Waals surface area contributed by atoms with E-state index in [2.05, 4.69) is 20.9 Å². The summed E-state index contributed by atoms with van der Waals surface area (Å²) in [6.07, 6.45) is -1.49. The van der Waals surface area contributed by atoms with Gasteiger partial charge in [0.25, 0.3) is 0 Å². The summed E-state index contributed by atoms with van der Waals surface area (Å²) in [6, 6.07) is -5.67. The largest absolute Gasteiger partial charge is 0.481 e. The molecule has 0 rings (SSSR count). The van der Waals surface area contributed by atoms with E-state index in [-0.39, 0.29) is 38.2 Å². The van der Waals surface area contributed by atoms with Gasteiger partial charge in [0.2, 0.25) is 23.6 Å². The normalized spacial score (nSPS) is 13.8. The lowest BCUT2D eigenvalue weighted by Gasteiger charge is -2.25. The van der Waals surface area contributed by atoms with Crippen molar-refractivity contribution in [2.45, 2.75) is 62.7 Å². The third-order valence-electron chi connectivity index (χ3n) is 4.69. The minimum absolute atomic E-state index is 0.0316. The van der Waals surface area contributed by atoms with Crippen molar-refractivity contribution in [3.63, 3.8) is 0 Å². The van der Waals surface area contributed by atoms with Crippen LogP contribution in [0.3, 0.4) is 0 Å². The summed E-state index contributed by atoms with van der Waals surface area (Å²) in [6.45, 7) is -0.614. The molecule has 0 aromatic heterocycles. The molecule has 0 aliphatic heterocycles. The number of guanidine groups is 1. The topological polar surface area (TPSA) is 316 Å². The number of aliphatic imine (C=N–C) groups is 1. The van der Waals surface area contributed by atoms with Crippen LogP contribution in [0.1, 0.15) is 38.5 Å². The van der Waals surface area contributed by atoms with Gasteiger partial charge in [0.05, 0.1) is 6.61 Å². The number of carbonyl (C=O) groups excluding carboxylic acids is 4. The molecule has 4 unspecified atom stereocenters. The standard InChI is InChI=1S/C19H34N8O9/c20-9(8-28)15(32)25-10(2-1-7-24-19(22)23)16(33)26-11(4-6-14(30)31)17(34)27-12(18(35)36)3-5-13(21)29/h9-12,28H,1-8,20H2,(H2,21,29)(H,25,32)(H,26,33)(H,27,34)(H,30,31)(H,35,36)(H4,22,23,24). The van der Waals surface area contributed by atoms with Crippen LogP contribution < -0.4 is 38.9 Å². The number of nitrogens with two attached hydrogens (primary N) is 4. The highest BCUT2D eigenvalue weighted by Gasteiger charge is 2.30. The van der Waals surface area contributed by atoms with Gasteiger partial charge in [0.15, 0.2) is 5.96 Å². The van der Waals surface area contributed by atoms with Crippen LogP contribution in [0.4, 0.5) is 0 Å². The van der Waals surface area contributed by atoms with E-state index in [4.69, 9.17) is 33.1 Å². The van der Waals surface area contributed by atoms with Crippen LogP contribution in [-0.2, 0) is 28.8 Å². The van der Waals surface area contributed by atoms with Gasteiger partial charge < -0.3 is 54.2 Å². The molecule has 204 valence electrons. The van der Waals surface area contributed by atoms with Crippen molar-refractivity contribution >= 4 is 41.5 Å². The van der Waals surface area contributed by atoms with Crippen molar-refractivity contribution in [3.05, 3.63) is 0 Å². The Hall–Kier alpha value is -3.99. The number of nitrogens with zero attached hydrogens (tertiary/aromatic N) is 1. The molecule has 17 heteroatoms. The zero-order chi connectivity index (χ0) is 27.8.